The predicted molar refractivity (Wildman–Crippen MR) is 86.5 cm³/mol. The van der Waals surface area contributed by atoms with Gasteiger partial charge in [0.05, 0.1) is 6.54 Å². The van der Waals surface area contributed by atoms with Crippen LogP contribution in [-0.2, 0) is 19.2 Å². The zero-order chi connectivity index (χ0) is 20.3. The van der Waals surface area contributed by atoms with Crippen LogP contribution in [0.15, 0.2) is 12.7 Å². The highest BCUT2D eigenvalue weighted by Crippen LogP contribution is 2.29. The van der Waals surface area contributed by atoms with Crippen LogP contribution in [0.2, 0.25) is 0 Å². The fraction of sp³-hybridized carbons (Fsp3) is 0.688. The van der Waals surface area contributed by atoms with E-state index < -0.39 is 47.5 Å². The van der Waals surface area contributed by atoms with Crippen molar-refractivity contribution in [2.45, 2.75) is 51.4 Å². The number of carbonyl (C=O) groups is 3. The number of hydrogen-bond acceptors (Lipinski definition) is 5. The predicted octanol–water partition coefficient (Wildman–Crippen LogP) is 1.30. The largest absolute Gasteiger partial charge is 0.492 e. The highest BCUT2D eigenvalue weighted by Gasteiger charge is 2.50. The molecule has 1 heterocycles. The second kappa shape index (κ2) is 7.65. The van der Waals surface area contributed by atoms with Crippen LogP contribution in [-0.4, -0.2) is 53.2 Å². The molecule has 1 rings (SSSR count). The molecule has 7 nitrogen and oxygen atoms in total. The quantitative estimate of drug-likeness (QED) is 0.719. The molecule has 0 aliphatic carbocycles. The standard InChI is InChI=1S/C16H24F3N3O4/c1-6-11-7-15(20-10(2)23,12(24)21-14(3,4)5)9-22(8-11)26-13(25)16(17,18)19/h6,11H,1,7-9H2,2-5H3,(H,20,23)(H,21,24)/t11-,15+/m0/s1. The third kappa shape index (κ3) is 6.01. The van der Waals surface area contributed by atoms with E-state index in [4.69, 9.17) is 0 Å². The van der Waals surface area contributed by atoms with Crippen LogP contribution < -0.4 is 10.6 Å². The van der Waals surface area contributed by atoms with Crippen molar-refractivity contribution in [1.29, 1.82) is 0 Å². The Balaban J connectivity index is 3.17. The molecular formula is C16H24F3N3O4. The maximum absolute atomic E-state index is 12.8. The summed E-state index contributed by atoms with van der Waals surface area (Å²) in [5.74, 6) is -4.00. The summed E-state index contributed by atoms with van der Waals surface area (Å²) in [6.45, 7) is 9.46. The van der Waals surface area contributed by atoms with Gasteiger partial charge in [0.2, 0.25) is 11.8 Å². The number of amides is 2. The van der Waals surface area contributed by atoms with Gasteiger partial charge in [-0.2, -0.15) is 13.2 Å². The molecule has 26 heavy (non-hydrogen) atoms. The van der Waals surface area contributed by atoms with Crippen LogP contribution in [0.25, 0.3) is 0 Å². The Morgan fingerprint density at radius 1 is 1.27 bits per heavy atom. The number of carbonyl (C=O) groups excluding carboxylic acids is 3. The van der Waals surface area contributed by atoms with E-state index in [-0.39, 0.29) is 13.0 Å². The van der Waals surface area contributed by atoms with Gasteiger partial charge >= 0.3 is 12.1 Å². The van der Waals surface area contributed by atoms with Crippen molar-refractivity contribution in [3.63, 3.8) is 0 Å². The van der Waals surface area contributed by atoms with Crippen molar-refractivity contribution < 1.29 is 32.4 Å². The highest BCUT2D eigenvalue weighted by atomic mass is 19.4. The van der Waals surface area contributed by atoms with Gasteiger partial charge in [-0.3, -0.25) is 9.59 Å². The molecule has 1 aliphatic heterocycles. The average molecular weight is 379 g/mol. The fourth-order valence-corrected chi connectivity index (χ4v) is 2.71. The van der Waals surface area contributed by atoms with Crippen molar-refractivity contribution in [3.8, 4) is 0 Å². The molecule has 0 aromatic heterocycles. The number of rotatable bonds is 4. The molecule has 2 amide bonds. The molecule has 10 heteroatoms. The van der Waals surface area contributed by atoms with Crippen molar-refractivity contribution in [1.82, 2.24) is 15.7 Å². The van der Waals surface area contributed by atoms with Crippen LogP contribution in [0.1, 0.15) is 34.1 Å². The number of piperidine rings is 1. The molecule has 0 radical (unpaired) electrons. The summed E-state index contributed by atoms with van der Waals surface area (Å²) < 4.78 is 37.5. The van der Waals surface area contributed by atoms with Gasteiger partial charge in [0.25, 0.3) is 0 Å². The number of nitrogens with zero attached hydrogens (tertiary/aromatic N) is 1. The lowest BCUT2D eigenvalue weighted by Crippen LogP contribution is -2.69. The van der Waals surface area contributed by atoms with E-state index in [9.17, 15) is 27.6 Å². The number of hydrogen-bond donors (Lipinski definition) is 2. The molecule has 148 valence electrons. The monoisotopic (exact) mass is 379 g/mol. The first-order valence-corrected chi connectivity index (χ1v) is 7.96. The molecule has 2 atom stereocenters. The Morgan fingerprint density at radius 3 is 2.27 bits per heavy atom. The molecular weight excluding hydrogens is 355 g/mol. The highest BCUT2D eigenvalue weighted by molar-refractivity contribution is 5.91. The van der Waals surface area contributed by atoms with Crippen molar-refractivity contribution in [3.05, 3.63) is 12.7 Å². The van der Waals surface area contributed by atoms with Gasteiger partial charge in [0.1, 0.15) is 5.54 Å². The van der Waals surface area contributed by atoms with E-state index in [1.165, 1.54) is 13.0 Å². The molecule has 0 aromatic rings. The van der Waals surface area contributed by atoms with Crippen molar-refractivity contribution in [2.24, 2.45) is 5.92 Å². The lowest BCUT2D eigenvalue weighted by molar-refractivity contribution is -0.246. The number of alkyl halides is 3. The van der Waals surface area contributed by atoms with Crippen molar-refractivity contribution in [2.75, 3.05) is 13.1 Å². The average Bonchev–Trinajstić information content (AvgIpc) is 2.43. The van der Waals surface area contributed by atoms with Crippen molar-refractivity contribution >= 4 is 17.8 Å². The smallest absolute Gasteiger partial charge is 0.361 e. The van der Waals surface area contributed by atoms with Crippen LogP contribution in [0.3, 0.4) is 0 Å². The zero-order valence-corrected chi connectivity index (χ0v) is 15.2. The Morgan fingerprint density at radius 2 is 1.85 bits per heavy atom. The Bertz CT molecular complexity index is 586. The number of nitrogens with one attached hydrogen (secondary N) is 2. The van der Waals surface area contributed by atoms with Crippen LogP contribution in [0.4, 0.5) is 13.2 Å². The first kappa shape index (κ1) is 21.9. The van der Waals surface area contributed by atoms with E-state index in [1.807, 2.05) is 0 Å². The van der Waals surface area contributed by atoms with Gasteiger partial charge in [0.15, 0.2) is 0 Å². The van der Waals surface area contributed by atoms with E-state index >= 15 is 0 Å². The molecule has 0 bridgehead atoms. The van der Waals surface area contributed by atoms with Crippen LogP contribution >= 0.6 is 0 Å². The molecule has 0 unspecified atom stereocenters. The van der Waals surface area contributed by atoms with Gasteiger partial charge in [-0.1, -0.05) is 6.08 Å². The summed E-state index contributed by atoms with van der Waals surface area (Å²) in [5.41, 5.74) is -2.21. The summed E-state index contributed by atoms with van der Waals surface area (Å²) >= 11 is 0. The van der Waals surface area contributed by atoms with Gasteiger partial charge in [-0.05, 0) is 33.1 Å². The summed E-state index contributed by atoms with van der Waals surface area (Å²) in [6, 6.07) is 0. The molecule has 0 saturated carbocycles. The molecule has 1 fully saturated rings. The molecule has 1 saturated heterocycles. The normalized spacial score (nSPS) is 24.5. The minimum Gasteiger partial charge on any atom is -0.361 e. The topological polar surface area (TPSA) is 87.7 Å². The molecule has 0 aromatic carbocycles. The first-order chi connectivity index (χ1) is 11.7. The van der Waals surface area contributed by atoms with Crippen LogP contribution in [0, 0.1) is 5.92 Å². The molecule has 1 aliphatic rings. The number of hydroxylamine groups is 2. The minimum absolute atomic E-state index is 0.0740. The third-order valence-corrected chi connectivity index (χ3v) is 3.61. The summed E-state index contributed by atoms with van der Waals surface area (Å²) in [6.07, 6.45) is -3.63. The van der Waals surface area contributed by atoms with E-state index in [0.29, 0.717) is 0 Å². The molecule has 0 spiro atoms. The number of halogens is 3. The zero-order valence-electron chi connectivity index (χ0n) is 15.2. The fourth-order valence-electron chi connectivity index (χ4n) is 2.71. The van der Waals surface area contributed by atoms with Gasteiger partial charge < -0.3 is 15.5 Å². The summed E-state index contributed by atoms with van der Waals surface area (Å²) in [4.78, 5) is 40.0. The Labute approximate surface area is 149 Å². The van der Waals surface area contributed by atoms with E-state index in [2.05, 4.69) is 22.1 Å². The molecule has 2 N–H and O–H groups in total. The Hall–Kier alpha value is -2.10. The lowest BCUT2D eigenvalue weighted by atomic mass is 9.81. The first-order valence-electron chi connectivity index (χ1n) is 7.96. The second-order valence-corrected chi connectivity index (χ2v) is 7.37. The van der Waals surface area contributed by atoms with Gasteiger partial charge in [-0.25, -0.2) is 4.79 Å². The summed E-state index contributed by atoms with van der Waals surface area (Å²) in [5, 5.41) is 5.96. The maximum atomic E-state index is 12.8. The van der Waals surface area contributed by atoms with Gasteiger partial charge in [0, 0.05) is 19.0 Å². The third-order valence-electron chi connectivity index (χ3n) is 3.61. The van der Waals surface area contributed by atoms with E-state index in [1.54, 1.807) is 20.8 Å². The van der Waals surface area contributed by atoms with E-state index in [0.717, 1.165) is 5.06 Å². The van der Waals surface area contributed by atoms with Crippen LogP contribution in [0.5, 0.6) is 0 Å². The lowest BCUT2D eigenvalue weighted by Gasteiger charge is -2.44. The minimum atomic E-state index is -5.18. The second-order valence-electron chi connectivity index (χ2n) is 7.37. The Kier molecular flexibility index (Phi) is 6.45. The van der Waals surface area contributed by atoms with Gasteiger partial charge in [-0.15, -0.1) is 11.6 Å². The maximum Gasteiger partial charge on any atom is 0.492 e. The summed E-state index contributed by atoms with van der Waals surface area (Å²) in [7, 11) is 0. The SMILES string of the molecule is C=C[C@@H]1CN(OC(=O)C(F)(F)F)C[C@@](NC(C)=O)(C(=O)NC(C)(C)C)C1.